The molecule has 0 radical (unpaired) electrons. The molecule has 84 valence electrons. The summed E-state index contributed by atoms with van der Waals surface area (Å²) in [5.74, 6) is 0. The van der Waals surface area contributed by atoms with E-state index in [-0.39, 0.29) is 0 Å². The molecule has 0 saturated heterocycles. The van der Waals surface area contributed by atoms with Gasteiger partial charge < -0.3 is 13.7 Å². The molecule has 0 aromatic carbocycles. The first-order chi connectivity index (χ1) is 6.49. The molecule has 0 aliphatic heterocycles. The van der Waals surface area contributed by atoms with E-state index in [4.69, 9.17) is 13.4 Å². The SMILES string of the molecule is CCO[Si](C)(CC)O/C(C)=[P+](\[O-])OC. The van der Waals surface area contributed by atoms with E-state index in [9.17, 15) is 4.89 Å². The molecule has 0 N–H and O–H groups in total. The molecule has 0 aliphatic rings. The van der Waals surface area contributed by atoms with Gasteiger partial charge >= 0.3 is 8.56 Å². The Bertz CT molecular complexity index is 210. The van der Waals surface area contributed by atoms with Gasteiger partial charge in [-0.1, -0.05) is 6.92 Å². The van der Waals surface area contributed by atoms with Crippen LogP contribution in [0, 0.1) is 0 Å². The second-order valence-corrected chi connectivity index (χ2v) is 7.96. The zero-order chi connectivity index (χ0) is 11.2. The lowest BCUT2D eigenvalue weighted by atomic mass is 10.9. The second-order valence-electron chi connectivity index (χ2n) is 2.98. The Balaban J connectivity index is 4.45. The van der Waals surface area contributed by atoms with Gasteiger partial charge in [-0.15, -0.1) is 0 Å². The Labute approximate surface area is 88.0 Å². The van der Waals surface area contributed by atoms with Crippen molar-refractivity contribution in [2.75, 3.05) is 13.7 Å². The van der Waals surface area contributed by atoms with Crippen molar-refractivity contribution >= 4 is 22.0 Å². The summed E-state index contributed by atoms with van der Waals surface area (Å²) < 4.78 is 15.9. The van der Waals surface area contributed by atoms with Crippen LogP contribution in [0.1, 0.15) is 20.8 Å². The molecule has 6 heteroatoms. The van der Waals surface area contributed by atoms with Gasteiger partial charge in [0, 0.05) is 13.5 Å². The van der Waals surface area contributed by atoms with Crippen LogP contribution in [0.15, 0.2) is 0 Å². The summed E-state index contributed by atoms with van der Waals surface area (Å²) in [6.45, 7) is 8.18. The first-order valence-corrected chi connectivity index (χ1v) is 8.37. The summed E-state index contributed by atoms with van der Waals surface area (Å²) in [5.41, 5.74) is 0.423. The third kappa shape index (κ3) is 4.64. The molecule has 4 nitrogen and oxygen atoms in total. The molecule has 0 amide bonds. The first-order valence-electron chi connectivity index (χ1n) is 4.67. The fourth-order valence-corrected chi connectivity index (χ4v) is 3.76. The van der Waals surface area contributed by atoms with Gasteiger partial charge in [0.15, 0.2) is 0 Å². The number of rotatable bonds is 6. The molecule has 0 aromatic rings. The van der Waals surface area contributed by atoms with Crippen LogP contribution in [0.2, 0.25) is 12.6 Å². The predicted molar refractivity (Wildman–Crippen MR) is 59.4 cm³/mol. The van der Waals surface area contributed by atoms with E-state index in [2.05, 4.69) is 0 Å². The summed E-state index contributed by atoms with van der Waals surface area (Å²) in [4.78, 5) is 11.2. The first kappa shape index (κ1) is 14.2. The Morgan fingerprint density at radius 2 is 2.00 bits per heavy atom. The maximum Gasteiger partial charge on any atom is 0.343 e. The van der Waals surface area contributed by atoms with E-state index in [1.807, 2.05) is 20.4 Å². The Hall–Kier alpha value is 0.227. The molecule has 0 rings (SSSR count). The molecule has 0 saturated carbocycles. The van der Waals surface area contributed by atoms with Gasteiger partial charge in [-0.3, -0.25) is 0 Å². The molecule has 2 unspecified atom stereocenters. The molecule has 0 aromatic heterocycles. The Morgan fingerprint density at radius 1 is 1.43 bits per heavy atom. The second kappa shape index (κ2) is 6.66. The zero-order valence-corrected chi connectivity index (χ0v) is 11.4. The average Bonchev–Trinajstić information content (AvgIpc) is 2.16. The summed E-state index contributed by atoms with van der Waals surface area (Å²) in [6.07, 6.45) is 0. The van der Waals surface area contributed by atoms with Crippen molar-refractivity contribution in [2.45, 2.75) is 33.4 Å². The fraction of sp³-hybridized carbons (Fsp3) is 0.875. The summed E-state index contributed by atoms with van der Waals surface area (Å²) in [5, 5.41) is 0. The minimum absolute atomic E-state index is 0.423. The highest BCUT2D eigenvalue weighted by atomic mass is 31.1. The Kier molecular flexibility index (Phi) is 6.77. The molecule has 0 aliphatic carbocycles. The topological polar surface area (TPSA) is 50.8 Å². The van der Waals surface area contributed by atoms with Crippen molar-refractivity contribution in [1.29, 1.82) is 0 Å². The molecule has 14 heavy (non-hydrogen) atoms. The van der Waals surface area contributed by atoms with Gasteiger partial charge in [0.05, 0.1) is 7.11 Å². The summed E-state index contributed by atoms with van der Waals surface area (Å²) in [6, 6.07) is 0.824. The van der Waals surface area contributed by atoms with Crippen LogP contribution in [-0.4, -0.2) is 27.8 Å². The van der Waals surface area contributed by atoms with E-state index >= 15 is 0 Å². The summed E-state index contributed by atoms with van der Waals surface area (Å²) in [7, 11) is -2.59. The quantitative estimate of drug-likeness (QED) is 0.521. The normalized spacial score (nSPS) is 17.6. The molecular weight excluding hydrogens is 219 g/mol. The standard InChI is InChI=1S/C8H19O4PSi/c1-6-11-14(5,7-2)12-8(3)13(9)10-4/h6-7H2,1-5H3. The lowest BCUT2D eigenvalue weighted by Crippen LogP contribution is -2.39. The summed E-state index contributed by atoms with van der Waals surface area (Å²) >= 11 is 0. The molecule has 2 atom stereocenters. The zero-order valence-electron chi connectivity index (χ0n) is 9.49. The largest absolute Gasteiger partial charge is 0.601 e. The van der Waals surface area contributed by atoms with Gasteiger partial charge in [0.25, 0.3) is 0 Å². The van der Waals surface area contributed by atoms with E-state index in [1.165, 1.54) is 7.11 Å². The van der Waals surface area contributed by atoms with Crippen molar-refractivity contribution in [2.24, 2.45) is 0 Å². The highest BCUT2D eigenvalue weighted by molar-refractivity contribution is 7.46. The van der Waals surface area contributed by atoms with Gasteiger partial charge in [0.2, 0.25) is 13.5 Å². The third-order valence-electron chi connectivity index (χ3n) is 1.88. The van der Waals surface area contributed by atoms with Crippen LogP contribution < -0.4 is 4.89 Å². The predicted octanol–water partition coefficient (Wildman–Crippen LogP) is 1.60. The van der Waals surface area contributed by atoms with Crippen LogP contribution in [0.4, 0.5) is 0 Å². The van der Waals surface area contributed by atoms with Crippen LogP contribution in [-0.2, 0) is 13.4 Å². The Morgan fingerprint density at radius 3 is 2.36 bits per heavy atom. The molecule has 0 spiro atoms. The van der Waals surface area contributed by atoms with Crippen LogP contribution in [0.3, 0.4) is 0 Å². The van der Waals surface area contributed by atoms with Crippen molar-refractivity contribution in [3.8, 4) is 0 Å². The van der Waals surface area contributed by atoms with Crippen LogP contribution >= 0.6 is 8.00 Å². The van der Waals surface area contributed by atoms with E-state index in [0.717, 1.165) is 6.04 Å². The molecule has 0 bridgehead atoms. The molecule has 0 fully saturated rings. The minimum atomic E-state index is -2.17. The van der Waals surface area contributed by atoms with E-state index in [1.54, 1.807) is 6.92 Å². The van der Waals surface area contributed by atoms with Gasteiger partial charge in [-0.2, -0.15) is 4.52 Å². The average molecular weight is 238 g/mol. The number of hydrogen-bond acceptors (Lipinski definition) is 4. The lowest BCUT2D eigenvalue weighted by molar-refractivity contribution is -0.170. The smallest absolute Gasteiger partial charge is 0.343 e. The van der Waals surface area contributed by atoms with Gasteiger partial charge in [0.1, 0.15) is 0 Å². The van der Waals surface area contributed by atoms with Crippen molar-refractivity contribution in [3.05, 3.63) is 0 Å². The maximum atomic E-state index is 11.2. The highest BCUT2D eigenvalue weighted by Gasteiger charge is 2.32. The van der Waals surface area contributed by atoms with E-state index < -0.39 is 16.6 Å². The monoisotopic (exact) mass is 238 g/mol. The van der Waals surface area contributed by atoms with E-state index in [0.29, 0.717) is 12.1 Å². The number of hydrogen-bond donors (Lipinski definition) is 0. The lowest BCUT2D eigenvalue weighted by Gasteiger charge is -2.23. The maximum absolute atomic E-state index is 11.2. The van der Waals surface area contributed by atoms with Crippen LogP contribution in [0.25, 0.3) is 0 Å². The third-order valence-corrected chi connectivity index (χ3v) is 5.91. The molecule has 0 heterocycles. The van der Waals surface area contributed by atoms with Crippen molar-refractivity contribution < 1.29 is 18.3 Å². The van der Waals surface area contributed by atoms with Crippen LogP contribution in [0.5, 0.6) is 0 Å². The minimum Gasteiger partial charge on any atom is -0.601 e. The fourth-order valence-electron chi connectivity index (χ4n) is 0.987. The molecular formula is C8H19O4PSi. The van der Waals surface area contributed by atoms with Gasteiger partial charge in [-0.05, 0) is 19.5 Å². The van der Waals surface area contributed by atoms with Gasteiger partial charge in [-0.25, -0.2) is 0 Å². The van der Waals surface area contributed by atoms with Crippen molar-refractivity contribution in [3.63, 3.8) is 0 Å². The highest BCUT2D eigenvalue weighted by Crippen LogP contribution is 2.20. The van der Waals surface area contributed by atoms with Crippen molar-refractivity contribution in [1.82, 2.24) is 0 Å².